The molecule has 2 unspecified atom stereocenters. The van der Waals surface area contributed by atoms with Crippen molar-refractivity contribution < 1.29 is 29.0 Å². The van der Waals surface area contributed by atoms with Gasteiger partial charge in [-0.05, 0) is 35.1 Å². The molecule has 1 saturated heterocycles. The molecule has 2 aliphatic carbocycles. The Morgan fingerprint density at radius 2 is 1.60 bits per heavy atom. The number of alkyl carbamates (subject to hydrolysis) is 1. The summed E-state index contributed by atoms with van der Waals surface area (Å²) in [6, 6.07) is 15.8. The lowest BCUT2D eigenvalue weighted by atomic mass is 9.92. The maximum atomic E-state index is 12.9. The van der Waals surface area contributed by atoms with Gasteiger partial charge in [0.2, 0.25) is 5.91 Å². The molecule has 2 atom stereocenters. The Bertz CT molecular complexity index is 1080. The Morgan fingerprint density at radius 1 is 0.971 bits per heavy atom. The number of carboxylic acids is 1. The van der Waals surface area contributed by atoms with Gasteiger partial charge in [-0.2, -0.15) is 0 Å². The third kappa shape index (κ3) is 4.75. The van der Waals surface area contributed by atoms with E-state index < -0.39 is 29.6 Å². The molecule has 2 aromatic rings. The van der Waals surface area contributed by atoms with E-state index in [1.807, 2.05) is 24.3 Å². The van der Waals surface area contributed by atoms with Gasteiger partial charge in [0.1, 0.15) is 12.5 Å². The molecule has 1 heterocycles. The summed E-state index contributed by atoms with van der Waals surface area (Å²) >= 11 is 0. The Kier molecular flexibility index (Phi) is 6.47. The van der Waals surface area contributed by atoms with Crippen LogP contribution in [0.15, 0.2) is 48.5 Å². The minimum Gasteiger partial charge on any atom is -0.481 e. The van der Waals surface area contributed by atoms with Gasteiger partial charge in [-0.1, -0.05) is 61.4 Å². The van der Waals surface area contributed by atoms with Gasteiger partial charge in [-0.3, -0.25) is 9.59 Å². The summed E-state index contributed by atoms with van der Waals surface area (Å²) in [6.07, 6.45) is 2.71. The predicted octanol–water partition coefficient (Wildman–Crippen LogP) is 3.44. The van der Waals surface area contributed by atoms with Crippen molar-refractivity contribution in [3.63, 3.8) is 0 Å². The fourth-order valence-corrected chi connectivity index (χ4v) is 5.75. The number of carbonyl (C=O) groups is 3. The molecule has 0 radical (unpaired) electrons. The van der Waals surface area contributed by atoms with Gasteiger partial charge in [0.15, 0.2) is 0 Å². The van der Waals surface area contributed by atoms with Gasteiger partial charge >= 0.3 is 12.1 Å². The zero-order valence-electron chi connectivity index (χ0n) is 19.5. The Morgan fingerprint density at radius 3 is 2.23 bits per heavy atom. The van der Waals surface area contributed by atoms with E-state index in [0.717, 1.165) is 35.1 Å². The molecule has 8 nitrogen and oxygen atoms in total. The average Bonchev–Trinajstić information content (AvgIpc) is 3.56. The monoisotopic (exact) mass is 478 g/mol. The molecule has 3 N–H and O–H groups in total. The molecular weight excluding hydrogens is 448 g/mol. The zero-order chi connectivity index (χ0) is 24.4. The number of nitrogens with one attached hydrogen (secondary N) is 2. The lowest BCUT2D eigenvalue weighted by Gasteiger charge is -2.30. The predicted molar refractivity (Wildman–Crippen MR) is 128 cm³/mol. The summed E-state index contributed by atoms with van der Waals surface area (Å²) in [7, 11) is 0. The highest BCUT2D eigenvalue weighted by Gasteiger charge is 2.41. The molecule has 8 heteroatoms. The highest BCUT2D eigenvalue weighted by molar-refractivity contribution is 5.81. The van der Waals surface area contributed by atoms with Crippen molar-refractivity contribution in [1.82, 2.24) is 10.6 Å². The van der Waals surface area contributed by atoms with Gasteiger partial charge in [-0.15, -0.1) is 0 Å². The topological polar surface area (TPSA) is 114 Å². The smallest absolute Gasteiger partial charge is 0.407 e. The second-order valence-electron chi connectivity index (χ2n) is 9.77. The molecule has 184 valence electrons. The Labute approximate surface area is 204 Å². The summed E-state index contributed by atoms with van der Waals surface area (Å²) in [4.78, 5) is 37.1. The van der Waals surface area contributed by atoms with Crippen LogP contribution in [0.5, 0.6) is 0 Å². The summed E-state index contributed by atoms with van der Waals surface area (Å²) in [5.41, 5.74) is 3.92. The first-order valence-electron chi connectivity index (χ1n) is 12.2. The Balaban J connectivity index is 1.21. The van der Waals surface area contributed by atoms with Crippen LogP contribution in [0.1, 0.15) is 49.1 Å². The molecule has 0 spiro atoms. The first kappa shape index (κ1) is 23.4. The van der Waals surface area contributed by atoms with Crippen LogP contribution in [0.4, 0.5) is 4.79 Å². The number of benzene rings is 2. The fourth-order valence-electron chi connectivity index (χ4n) is 5.75. The standard InChI is InChI=1S/C27H30N2O6/c30-24(28-23-16-34-14-22(23)25(31)32)13-27(11-5-6-12-27)29-26(33)35-15-21-19-9-3-1-7-17(19)18-8-2-4-10-20(18)21/h1-4,7-10,21-23H,5-6,11-16H2,(H,28,30)(H,29,33)(H,31,32). The van der Waals surface area contributed by atoms with E-state index in [1.165, 1.54) is 0 Å². The molecule has 35 heavy (non-hydrogen) atoms. The van der Waals surface area contributed by atoms with Gasteiger partial charge in [0, 0.05) is 12.3 Å². The van der Waals surface area contributed by atoms with Crippen LogP contribution >= 0.6 is 0 Å². The number of carbonyl (C=O) groups excluding carboxylic acids is 2. The molecular formula is C27H30N2O6. The number of fused-ring (bicyclic) bond motifs is 3. The summed E-state index contributed by atoms with van der Waals surface area (Å²) in [6.45, 7) is 0.473. The molecule has 2 amide bonds. The van der Waals surface area contributed by atoms with Crippen LogP contribution in [-0.4, -0.2) is 54.5 Å². The van der Waals surface area contributed by atoms with Crippen LogP contribution in [-0.2, 0) is 19.1 Å². The summed E-state index contributed by atoms with van der Waals surface area (Å²) in [5.74, 6) is -2.06. The summed E-state index contributed by atoms with van der Waals surface area (Å²) in [5, 5.41) is 15.1. The van der Waals surface area contributed by atoms with Gasteiger partial charge < -0.3 is 25.2 Å². The van der Waals surface area contributed by atoms with E-state index in [9.17, 15) is 19.5 Å². The number of hydrogen-bond donors (Lipinski definition) is 3. The highest BCUT2D eigenvalue weighted by atomic mass is 16.5. The largest absolute Gasteiger partial charge is 0.481 e. The minimum absolute atomic E-state index is 0.0358. The van der Waals surface area contributed by atoms with E-state index in [4.69, 9.17) is 9.47 Å². The van der Waals surface area contributed by atoms with Crippen LogP contribution in [0.25, 0.3) is 11.1 Å². The maximum Gasteiger partial charge on any atom is 0.407 e. The van der Waals surface area contributed by atoms with Crippen LogP contribution in [0.2, 0.25) is 0 Å². The van der Waals surface area contributed by atoms with Crippen LogP contribution in [0, 0.1) is 5.92 Å². The Hall–Kier alpha value is -3.39. The number of amides is 2. The van der Waals surface area contributed by atoms with Crippen molar-refractivity contribution in [2.45, 2.75) is 49.6 Å². The van der Waals surface area contributed by atoms with Crippen molar-refractivity contribution >= 4 is 18.0 Å². The second-order valence-corrected chi connectivity index (χ2v) is 9.77. The van der Waals surface area contributed by atoms with Gasteiger partial charge in [-0.25, -0.2) is 4.79 Å². The van der Waals surface area contributed by atoms with Gasteiger partial charge in [0.25, 0.3) is 0 Å². The van der Waals surface area contributed by atoms with Gasteiger partial charge in [0.05, 0.1) is 24.8 Å². The third-order valence-electron chi connectivity index (χ3n) is 7.51. The van der Waals surface area contributed by atoms with E-state index >= 15 is 0 Å². The van der Waals surface area contributed by atoms with E-state index in [1.54, 1.807) is 0 Å². The van der Waals surface area contributed by atoms with Crippen molar-refractivity contribution in [3.05, 3.63) is 59.7 Å². The molecule has 0 aromatic heterocycles. The number of hydrogen-bond acceptors (Lipinski definition) is 5. The zero-order valence-corrected chi connectivity index (χ0v) is 19.5. The quantitative estimate of drug-likeness (QED) is 0.562. The number of aliphatic carboxylic acids is 1. The second kappa shape index (κ2) is 9.70. The molecule has 3 aliphatic rings. The lowest BCUT2D eigenvalue weighted by molar-refractivity contribution is -0.142. The van der Waals surface area contributed by atoms with E-state index in [-0.39, 0.29) is 38.1 Å². The van der Waals surface area contributed by atoms with Crippen LogP contribution < -0.4 is 10.6 Å². The SMILES string of the molecule is O=C(CC1(NC(=O)OCC2c3ccccc3-c3ccccc32)CCCC1)NC1COCC1C(=O)O. The molecule has 0 bridgehead atoms. The molecule has 2 fully saturated rings. The molecule has 5 rings (SSSR count). The number of carboxylic acid groups (broad SMARTS) is 1. The van der Waals surface area contributed by atoms with Crippen molar-refractivity contribution in [3.8, 4) is 11.1 Å². The first-order valence-corrected chi connectivity index (χ1v) is 12.2. The van der Waals surface area contributed by atoms with Crippen molar-refractivity contribution in [1.29, 1.82) is 0 Å². The molecule has 1 aliphatic heterocycles. The number of rotatable bonds is 7. The normalized spacial score (nSPS) is 22.3. The highest BCUT2D eigenvalue weighted by Crippen LogP contribution is 2.44. The van der Waals surface area contributed by atoms with E-state index in [0.29, 0.717) is 12.8 Å². The lowest BCUT2D eigenvalue weighted by Crippen LogP contribution is -2.52. The third-order valence-corrected chi connectivity index (χ3v) is 7.51. The molecule has 1 saturated carbocycles. The van der Waals surface area contributed by atoms with E-state index in [2.05, 4.69) is 34.9 Å². The van der Waals surface area contributed by atoms with Crippen LogP contribution in [0.3, 0.4) is 0 Å². The van der Waals surface area contributed by atoms with Crippen molar-refractivity contribution in [2.75, 3.05) is 19.8 Å². The maximum absolute atomic E-state index is 12.9. The minimum atomic E-state index is -0.986. The summed E-state index contributed by atoms with van der Waals surface area (Å²) < 4.78 is 10.9. The number of ether oxygens (including phenoxy) is 2. The first-order chi connectivity index (χ1) is 17.0. The fraction of sp³-hybridized carbons (Fsp3) is 0.444. The molecule has 2 aromatic carbocycles. The average molecular weight is 479 g/mol. The van der Waals surface area contributed by atoms with Crippen molar-refractivity contribution in [2.24, 2.45) is 5.92 Å².